The van der Waals surface area contributed by atoms with Crippen LogP contribution in [0.4, 0.5) is 5.82 Å². The molecule has 1 aromatic carbocycles. The van der Waals surface area contributed by atoms with Gasteiger partial charge in [-0.15, -0.1) is 0 Å². The summed E-state index contributed by atoms with van der Waals surface area (Å²) in [5.74, 6) is -0.145. The first-order valence-corrected chi connectivity index (χ1v) is 9.17. The van der Waals surface area contributed by atoms with Gasteiger partial charge in [-0.3, -0.25) is 25.4 Å². The molecule has 1 saturated heterocycles. The minimum Gasteiger partial charge on any atom is -0.355 e. The molecule has 8 nitrogen and oxygen atoms in total. The lowest BCUT2D eigenvalue weighted by molar-refractivity contribution is -0.126. The minimum absolute atomic E-state index is 0.220. The number of hydrazine groups is 1. The van der Waals surface area contributed by atoms with Crippen LogP contribution in [0.25, 0.3) is 10.9 Å². The third kappa shape index (κ3) is 3.90. The molecule has 0 saturated carbocycles. The van der Waals surface area contributed by atoms with E-state index in [-0.39, 0.29) is 17.5 Å². The Bertz CT molecular complexity index is 994. The van der Waals surface area contributed by atoms with Crippen LogP contribution < -0.4 is 15.8 Å². The van der Waals surface area contributed by atoms with Crippen molar-refractivity contribution < 1.29 is 9.59 Å². The number of nitrogens with zero attached hydrogens (tertiary/aromatic N) is 4. The molecule has 0 spiro atoms. The van der Waals surface area contributed by atoms with E-state index in [0.717, 1.165) is 36.1 Å². The number of carbonyl (C=O) groups is 2. The monoisotopic (exact) mass is 376 g/mol. The molecule has 0 bridgehead atoms. The zero-order valence-corrected chi connectivity index (χ0v) is 15.2. The summed E-state index contributed by atoms with van der Waals surface area (Å²) in [6, 6.07) is 11.0. The van der Waals surface area contributed by atoms with Crippen LogP contribution in [-0.2, 0) is 4.79 Å². The molecular formula is C20H20N6O2. The predicted octanol–water partition coefficient (Wildman–Crippen LogP) is 1.70. The lowest BCUT2D eigenvalue weighted by Crippen LogP contribution is -2.49. The van der Waals surface area contributed by atoms with Crippen LogP contribution in [-0.4, -0.2) is 39.9 Å². The van der Waals surface area contributed by atoms with Crippen molar-refractivity contribution >= 4 is 28.5 Å². The first-order valence-electron chi connectivity index (χ1n) is 9.17. The molecule has 1 aliphatic heterocycles. The average Bonchev–Trinajstić information content (AvgIpc) is 2.77. The van der Waals surface area contributed by atoms with E-state index in [1.165, 1.54) is 0 Å². The third-order valence-electron chi connectivity index (χ3n) is 4.80. The molecule has 2 amide bonds. The van der Waals surface area contributed by atoms with Crippen LogP contribution in [0.15, 0.2) is 55.0 Å². The number of pyridine rings is 1. The topological polar surface area (TPSA) is 100 Å². The summed E-state index contributed by atoms with van der Waals surface area (Å²) in [7, 11) is 0. The van der Waals surface area contributed by atoms with Gasteiger partial charge in [0.15, 0.2) is 0 Å². The van der Waals surface area contributed by atoms with Gasteiger partial charge in [0.05, 0.1) is 17.6 Å². The van der Waals surface area contributed by atoms with Gasteiger partial charge in [-0.1, -0.05) is 24.3 Å². The maximum Gasteiger partial charge on any atom is 0.288 e. The number of nitrogens with one attached hydrogen (secondary N) is 2. The van der Waals surface area contributed by atoms with Crippen molar-refractivity contribution in [2.45, 2.75) is 12.8 Å². The SMILES string of the molecule is O=C(NNC(=O)C1CCCN(c2cnccn2)C1)c1ccc2ccccc2n1. The molecule has 2 N–H and O–H groups in total. The molecule has 1 unspecified atom stereocenters. The van der Waals surface area contributed by atoms with E-state index in [1.54, 1.807) is 24.7 Å². The summed E-state index contributed by atoms with van der Waals surface area (Å²) in [6.07, 6.45) is 6.57. The zero-order valence-electron chi connectivity index (χ0n) is 15.2. The van der Waals surface area contributed by atoms with Crippen molar-refractivity contribution in [2.24, 2.45) is 5.92 Å². The number of anilines is 1. The highest BCUT2D eigenvalue weighted by Gasteiger charge is 2.27. The van der Waals surface area contributed by atoms with Crippen LogP contribution in [0, 0.1) is 5.92 Å². The highest BCUT2D eigenvalue weighted by atomic mass is 16.2. The van der Waals surface area contributed by atoms with E-state index in [4.69, 9.17) is 0 Å². The van der Waals surface area contributed by atoms with Crippen molar-refractivity contribution in [1.29, 1.82) is 0 Å². The van der Waals surface area contributed by atoms with E-state index in [2.05, 4.69) is 25.8 Å². The van der Waals surface area contributed by atoms with E-state index >= 15 is 0 Å². The fourth-order valence-corrected chi connectivity index (χ4v) is 3.33. The Labute approximate surface area is 162 Å². The van der Waals surface area contributed by atoms with Gasteiger partial charge in [0.2, 0.25) is 5.91 Å². The van der Waals surface area contributed by atoms with Crippen LogP contribution >= 0.6 is 0 Å². The smallest absolute Gasteiger partial charge is 0.288 e. The number of piperidine rings is 1. The number of hydrogen-bond acceptors (Lipinski definition) is 6. The lowest BCUT2D eigenvalue weighted by Gasteiger charge is -2.32. The van der Waals surface area contributed by atoms with Gasteiger partial charge in [0, 0.05) is 30.9 Å². The number of para-hydroxylation sites is 1. The summed E-state index contributed by atoms with van der Waals surface area (Å²) >= 11 is 0. The number of fused-ring (bicyclic) bond motifs is 1. The van der Waals surface area contributed by atoms with Crippen molar-refractivity contribution in [3.05, 3.63) is 60.7 Å². The molecule has 8 heteroatoms. The third-order valence-corrected chi connectivity index (χ3v) is 4.80. The summed E-state index contributed by atoms with van der Waals surface area (Å²) in [5, 5.41) is 0.953. The Hall–Kier alpha value is -3.55. The second kappa shape index (κ2) is 7.99. The van der Waals surface area contributed by atoms with Crippen LogP contribution in [0.3, 0.4) is 0 Å². The van der Waals surface area contributed by atoms with Gasteiger partial charge in [0.25, 0.3) is 5.91 Å². The Morgan fingerprint density at radius 1 is 1.07 bits per heavy atom. The molecule has 1 fully saturated rings. The first-order chi connectivity index (χ1) is 13.7. The molecule has 3 heterocycles. The number of benzene rings is 1. The van der Waals surface area contributed by atoms with Gasteiger partial charge in [0.1, 0.15) is 11.5 Å². The molecule has 142 valence electrons. The molecule has 3 aromatic rings. The van der Waals surface area contributed by atoms with Crippen LogP contribution in [0.1, 0.15) is 23.3 Å². The van der Waals surface area contributed by atoms with Crippen molar-refractivity contribution in [2.75, 3.05) is 18.0 Å². The van der Waals surface area contributed by atoms with Gasteiger partial charge in [-0.25, -0.2) is 9.97 Å². The van der Waals surface area contributed by atoms with Gasteiger partial charge in [-0.2, -0.15) is 0 Å². The van der Waals surface area contributed by atoms with Crippen molar-refractivity contribution in [3.8, 4) is 0 Å². The number of aromatic nitrogens is 3. The second-order valence-corrected chi connectivity index (χ2v) is 6.68. The molecule has 2 aromatic heterocycles. The Morgan fingerprint density at radius 2 is 1.96 bits per heavy atom. The number of carbonyl (C=O) groups excluding carboxylic acids is 2. The molecular weight excluding hydrogens is 356 g/mol. The summed E-state index contributed by atoms with van der Waals surface area (Å²) < 4.78 is 0. The fraction of sp³-hybridized carbons (Fsp3) is 0.250. The normalized spacial score (nSPS) is 16.6. The molecule has 4 rings (SSSR count). The quantitative estimate of drug-likeness (QED) is 0.675. The lowest BCUT2D eigenvalue weighted by atomic mass is 9.97. The van der Waals surface area contributed by atoms with Crippen molar-refractivity contribution in [1.82, 2.24) is 25.8 Å². The van der Waals surface area contributed by atoms with Gasteiger partial charge >= 0.3 is 0 Å². The molecule has 1 aliphatic rings. The minimum atomic E-state index is -0.444. The largest absolute Gasteiger partial charge is 0.355 e. The Balaban J connectivity index is 1.36. The van der Waals surface area contributed by atoms with Crippen LogP contribution in [0.5, 0.6) is 0 Å². The van der Waals surface area contributed by atoms with E-state index in [0.29, 0.717) is 6.54 Å². The Kier molecular flexibility index (Phi) is 5.09. The highest BCUT2D eigenvalue weighted by molar-refractivity contribution is 5.96. The zero-order chi connectivity index (χ0) is 19.3. The molecule has 0 radical (unpaired) electrons. The molecule has 28 heavy (non-hydrogen) atoms. The highest BCUT2D eigenvalue weighted by Crippen LogP contribution is 2.20. The molecule has 1 atom stereocenters. The first kappa shape index (κ1) is 17.8. The predicted molar refractivity (Wildman–Crippen MR) is 104 cm³/mol. The summed E-state index contributed by atoms with van der Waals surface area (Å²) in [4.78, 5) is 39.6. The summed E-state index contributed by atoms with van der Waals surface area (Å²) in [5.41, 5.74) is 5.98. The van der Waals surface area contributed by atoms with Gasteiger partial charge in [-0.05, 0) is 25.0 Å². The molecule has 0 aliphatic carbocycles. The van der Waals surface area contributed by atoms with Crippen LogP contribution in [0.2, 0.25) is 0 Å². The van der Waals surface area contributed by atoms with E-state index in [1.807, 2.05) is 35.2 Å². The van der Waals surface area contributed by atoms with Crippen molar-refractivity contribution in [3.63, 3.8) is 0 Å². The second-order valence-electron chi connectivity index (χ2n) is 6.68. The number of amides is 2. The summed E-state index contributed by atoms with van der Waals surface area (Å²) in [6.45, 7) is 1.37. The van der Waals surface area contributed by atoms with E-state index in [9.17, 15) is 9.59 Å². The average molecular weight is 376 g/mol. The standard InChI is InChI=1S/C20H20N6O2/c27-19(15-5-3-11-26(13-15)18-12-21-9-10-22-18)24-25-20(28)17-8-7-14-4-1-2-6-16(14)23-17/h1-2,4,6-10,12,15H,3,5,11,13H2,(H,24,27)(H,25,28). The van der Waals surface area contributed by atoms with E-state index < -0.39 is 5.91 Å². The maximum atomic E-state index is 12.5. The fourth-order valence-electron chi connectivity index (χ4n) is 3.33. The Morgan fingerprint density at radius 3 is 2.82 bits per heavy atom. The maximum absolute atomic E-state index is 12.5. The van der Waals surface area contributed by atoms with Gasteiger partial charge < -0.3 is 4.90 Å². The number of hydrogen-bond donors (Lipinski definition) is 2. The number of rotatable bonds is 3.